The number of aliphatic hydroxyl groups excluding tert-OH is 1. The first-order valence-electron chi connectivity index (χ1n) is 7.83. The third-order valence-corrected chi connectivity index (χ3v) is 6.22. The molecule has 2 aromatic rings. The molecule has 0 unspecified atom stereocenters. The number of rotatable bonds is 3. The van der Waals surface area contributed by atoms with Crippen molar-refractivity contribution in [3.63, 3.8) is 0 Å². The summed E-state index contributed by atoms with van der Waals surface area (Å²) in [5, 5.41) is 9.63. The molecule has 1 heterocycles. The number of aryl methyl sites for hydroxylation is 1. The minimum absolute atomic E-state index is 0.00980. The van der Waals surface area contributed by atoms with Crippen molar-refractivity contribution in [3.8, 4) is 0 Å². The van der Waals surface area contributed by atoms with Gasteiger partial charge in [0.15, 0.2) is 0 Å². The SMILES string of the molecule is Cc1ccc(S(=O)(=O)N2CCC[C@H](CO)c3ccccc32)cc1. The van der Waals surface area contributed by atoms with Crippen molar-refractivity contribution in [2.75, 3.05) is 17.5 Å². The van der Waals surface area contributed by atoms with Gasteiger partial charge < -0.3 is 5.11 Å². The van der Waals surface area contributed by atoms with Gasteiger partial charge in [-0.25, -0.2) is 8.42 Å². The van der Waals surface area contributed by atoms with Gasteiger partial charge in [-0.05, 0) is 43.5 Å². The van der Waals surface area contributed by atoms with Crippen molar-refractivity contribution in [2.24, 2.45) is 0 Å². The van der Waals surface area contributed by atoms with Crippen LogP contribution < -0.4 is 4.31 Å². The number of hydrogen-bond acceptors (Lipinski definition) is 3. The van der Waals surface area contributed by atoms with E-state index in [9.17, 15) is 13.5 Å². The Bertz CT molecular complexity index is 784. The molecule has 0 radical (unpaired) electrons. The third kappa shape index (κ3) is 2.99. The molecule has 2 aromatic carbocycles. The molecule has 1 N–H and O–H groups in total. The molecule has 0 saturated heterocycles. The van der Waals surface area contributed by atoms with Crippen LogP contribution in [0.15, 0.2) is 53.4 Å². The maximum absolute atomic E-state index is 13.1. The molecule has 122 valence electrons. The zero-order valence-electron chi connectivity index (χ0n) is 13.1. The second-order valence-corrected chi connectivity index (χ2v) is 7.83. The lowest BCUT2D eigenvalue weighted by molar-refractivity contribution is 0.259. The Morgan fingerprint density at radius 3 is 2.52 bits per heavy atom. The zero-order chi connectivity index (χ0) is 16.4. The summed E-state index contributed by atoms with van der Waals surface area (Å²) in [7, 11) is -3.60. The van der Waals surface area contributed by atoms with E-state index in [1.807, 2.05) is 43.3 Å². The van der Waals surface area contributed by atoms with Crippen LogP contribution >= 0.6 is 0 Å². The lowest BCUT2D eigenvalue weighted by atomic mass is 9.95. The van der Waals surface area contributed by atoms with Crippen LogP contribution in [0.4, 0.5) is 5.69 Å². The first-order chi connectivity index (χ1) is 11.0. The fourth-order valence-electron chi connectivity index (χ4n) is 3.09. The monoisotopic (exact) mass is 331 g/mol. The van der Waals surface area contributed by atoms with E-state index < -0.39 is 10.0 Å². The number of hydrogen-bond donors (Lipinski definition) is 1. The number of benzene rings is 2. The molecule has 0 amide bonds. The average Bonchev–Trinajstić information content (AvgIpc) is 2.75. The summed E-state index contributed by atoms with van der Waals surface area (Å²) >= 11 is 0. The largest absolute Gasteiger partial charge is 0.396 e. The number of anilines is 1. The maximum atomic E-state index is 13.1. The first kappa shape index (κ1) is 16.0. The molecule has 4 nitrogen and oxygen atoms in total. The molecule has 0 aliphatic carbocycles. The molecule has 23 heavy (non-hydrogen) atoms. The Labute approximate surface area is 137 Å². The predicted molar refractivity (Wildman–Crippen MR) is 91.2 cm³/mol. The van der Waals surface area contributed by atoms with Crippen molar-refractivity contribution in [2.45, 2.75) is 30.6 Å². The van der Waals surface area contributed by atoms with Gasteiger partial charge in [0, 0.05) is 12.5 Å². The summed E-state index contributed by atoms with van der Waals surface area (Å²) in [4.78, 5) is 0.306. The number of aliphatic hydroxyl groups is 1. The van der Waals surface area contributed by atoms with Crippen molar-refractivity contribution < 1.29 is 13.5 Å². The summed E-state index contributed by atoms with van der Waals surface area (Å²) in [6, 6.07) is 14.4. The van der Waals surface area contributed by atoms with Gasteiger partial charge in [-0.3, -0.25) is 4.31 Å². The van der Waals surface area contributed by atoms with Crippen LogP contribution in [0, 0.1) is 6.92 Å². The number of sulfonamides is 1. The Morgan fingerprint density at radius 2 is 1.83 bits per heavy atom. The van der Waals surface area contributed by atoms with Gasteiger partial charge in [0.05, 0.1) is 17.2 Å². The molecule has 0 spiro atoms. The molecule has 5 heteroatoms. The summed E-state index contributed by atoms with van der Waals surface area (Å²) < 4.78 is 27.6. The standard InChI is InChI=1S/C18H21NO3S/c1-14-8-10-16(11-9-14)23(21,22)19-12-4-5-15(13-20)17-6-2-3-7-18(17)19/h2-3,6-11,15,20H,4-5,12-13H2,1H3/t15-/m1/s1. The predicted octanol–water partition coefficient (Wildman–Crippen LogP) is 3.06. The van der Waals surface area contributed by atoms with E-state index in [4.69, 9.17) is 0 Å². The van der Waals surface area contributed by atoms with E-state index in [-0.39, 0.29) is 12.5 Å². The van der Waals surface area contributed by atoms with E-state index in [1.165, 1.54) is 4.31 Å². The lowest BCUT2D eigenvalue weighted by Crippen LogP contribution is -2.31. The molecule has 1 atom stereocenters. The van der Waals surface area contributed by atoms with Gasteiger partial charge in [-0.1, -0.05) is 35.9 Å². The molecule has 0 aromatic heterocycles. The lowest BCUT2D eigenvalue weighted by Gasteiger charge is -2.25. The Hall–Kier alpha value is -1.85. The van der Waals surface area contributed by atoms with Crippen LogP contribution in [-0.2, 0) is 10.0 Å². The van der Waals surface area contributed by atoms with Gasteiger partial charge in [-0.15, -0.1) is 0 Å². The second kappa shape index (κ2) is 6.34. The van der Waals surface area contributed by atoms with E-state index in [2.05, 4.69) is 0 Å². The Kier molecular flexibility index (Phi) is 4.41. The zero-order valence-corrected chi connectivity index (χ0v) is 14.0. The second-order valence-electron chi connectivity index (χ2n) is 5.97. The minimum Gasteiger partial charge on any atom is -0.396 e. The number of nitrogens with zero attached hydrogens (tertiary/aromatic N) is 1. The molecule has 1 aliphatic rings. The molecular weight excluding hydrogens is 310 g/mol. The van der Waals surface area contributed by atoms with Crippen LogP contribution in [0.3, 0.4) is 0 Å². The molecule has 0 bridgehead atoms. The number of fused-ring (bicyclic) bond motifs is 1. The summed E-state index contributed by atoms with van der Waals surface area (Å²) in [5.74, 6) is -0.00980. The van der Waals surface area contributed by atoms with Crippen molar-refractivity contribution in [1.29, 1.82) is 0 Å². The molecular formula is C18H21NO3S. The normalized spacial score (nSPS) is 18.3. The summed E-state index contributed by atoms with van der Waals surface area (Å²) in [5.41, 5.74) is 2.62. The van der Waals surface area contributed by atoms with E-state index in [1.54, 1.807) is 12.1 Å². The van der Waals surface area contributed by atoms with E-state index in [0.717, 1.165) is 24.0 Å². The van der Waals surface area contributed by atoms with Crippen molar-refractivity contribution in [3.05, 3.63) is 59.7 Å². The van der Waals surface area contributed by atoms with E-state index >= 15 is 0 Å². The fraction of sp³-hybridized carbons (Fsp3) is 0.333. The van der Waals surface area contributed by atoms with Crippen LogP contribution in [0.1, 0.15) is 29.9 Å². The minimum atomic E-state index is -3.60. The highest BCUT2D eigenvalue weighted by atomic mass is 32.2. The molecule has 0 saturated carbocycles. The smallest absolute Gasteiger partial charge is 0.264 e. The molecule has 1 aliphatic heterocycles. The Morgan fingerprint density at radius 1 is 1.13 bits per heavy atom. The van der Waals surface area contributed by atoms with Gasteiger partial charge in [-0.2, -0.15) is 0 Å². The first-order valence-corrected chi connectivity index (χ1v) is 9.27. The Balaban J connectivity index is 2.09. The van der Waals surface area contributed by atoms with Gasteiger partial charge in [0.1, 0.15) is 0 Å². The topological polar surface area (TPSA) is 57.6 Å². The molecule has 3 rings (SSSR count). The van der Waals surface area contributed by atoms with E-state index in [0.29, 0.717) is 17.1 Å². The fourth-order valence-corrected chi connectivity index (χ4v) is 4.62. The highest BCUT2D eigenvalue weighted by molar-refractivity contribution is 7.92. The third-order valence-electron chi connectivity index (χ3n) is 4.39. The average molecular weight is 331 g/mol. The molecule has 0 fully saturated rings. The quantitative estimate of drug-likeness (QED) is 0.940. The van der Waals surface area contributed by atoms with Crippen molar-refractivity contribution >= 4 is 15.7 Å². The van der Waals surface area contributed by atoms with Gasteiger partial charge >= 0.3 is 0 Å². The van der Waals surface area contributed by atoms with Crippen LogP contribution in [0.2, 0.25) is 0 Å². The number of para-hydroxylation sites is 1. The summed E-state index contributed by atoms with van der Waals surface area (Å²) in [6.07, 6.45) is 1.51. The highest BCUT2D eigenvalue weighted by Crippen LogP contribution is 2.36. The van der Waals surface area contributed by atoms with Crippen molar-refractivity contribution in [1.82, 2.24) is 0 Å². The summed E-state index contributed by atoms with van der Waals surface area (Å²) in [6.45, 7) is 2.41. The van der Waals surface area contributed by atoms with Crippen LogP contribution in [-0.4, -0.2) is 26.7 Å². The van der Waals surface area contributed by atoms with Gasteiger partial charge in [0.2, 0.25) is 0 Å². The highest BCUT2D eigenvalue weighted by Gasteiger charge is 2.30. The van der Waals surface area contributed by atoms with Crippen LogP contribution in [0.5, 0.6) is 0 Å². The van der Waals surface area contributed by atoms with Crippen LogP contribution in [0.25, 0.3) is 0 Å². The maximum Gasteiger partial charge on any atom is 0.264 e. The van der Waals surface area contributed by atoms with Gasteiger partial charge in [0.25, 0.3) is 10.0 Å².